The molecule has 0 aliphatic heterocycles. The van der Waals surface area contributed by atoms with E-state index in [4.69, 9.17) is 4.74 Å². The largest absolute Gasteiger partial charge is 0.374 e. The Morgan fingerprint density at radius 3 is 2.88 bits per heavy atom. The molecule has 1 aromatic rings. The highest BCUT2D eigenvalue weighted by atomic mass is 32.1. The summed E-state index contributed by atoms with van der Waals surface area (Å²) in [7, 11) is 1.99. The summed E-state index contributed by atoms with van der Waals surface area (Å²) < 4.78 is 5.95. The maximum absolute atomic E-state index is 5.95. The van der Waals surface area contributed by atoms with E-state index in [1.165, 1.54) is 41.0 Å². The summed E-state index contributed by atoms with van der Waals surface area (Å²) in [4.78, 5) is 2.81. The van der Waals surface area contributed by atoms with Gasteiger partial charge in [-0.25, -0.2) is 0 Å². The van der Waals surface area contributed by atoms with Crippen LogP contribution >= 0.6 is 11.3 Å². The highest BCUT2D eigenvalue weighted by Gasteiger charge is 2.16. The van der Waals surface area contributed by atoms with Crippen LogP contribution in [0.3, 0.4) is 0 Å². The molecule has 0 radical (unpaired) electrons. The van der Waals surface area contributed by atoms with E-state index in [9.17, 15) is 0 Å². The molecule has 1 aromatic heterocycles. The summed E-state index contributed by atoms with van der Waals surface area (Å²) in [5, 5.41) is 3.19. The van der Waals surface area contributed by atoms with E-state index in [0.717, 1.165) is 13.2 Å². The van der Waals surface area contributed by atoms with Crippen LogP contribution in [0.15, 0.2) is 6.07 Å². The molecule has 1 heterocycles. The van der Waals surface area contributed by atoms with E-state index >= 15 is 0 Å². The Hall–Kier alpha value is -0.380. The second-order valence-electron chi connectivity index (χ2n) is 4.54. The van der Waals surface area contributed by atoms with Gasteiger partial charge < -0.3 is 10.1 Å². The van der Waals surface area contributed by atoms with Gasteiger partial charge in [-0.15, -0.1) is 11.3 Å². The molecule has 1 N–H and O–H groups in total. The minimum atomic E-state index is 0.520. The molecule has 1 saturated carbocycles. The lowest BCUT2D eigenvalue weighted by Gasteiger charge is -2.10. The monoisotopic (exact) mass is 239 g/mol. The highest BCUT2D eigenvalue weighted by Crippen LogP contribution is 2.26. The normalized spacial score (nSPS) is 17.1. The molecule has 1 aliphatic carbocycles. The summed E-state index contributed by atoms with van der Waals surface area (Å²) >= 11 is 1.88. The molecule has 0 saturated heterocycles. The van der Waals surface area contributed by atoms with E-state index in [1.807, 2.05) is 18.4 Å². The van der Waals surface area contributed by atoms with Crippen molar-refractivity contribution in [3.63, 3.8) is 0 Å². The van der Waals surface area contributed by atoms with Gasteiger partial charge in [0.05, 0.1) is 12.7 Å². The van der Waals surface area contributed by atoms with Gasteiger partial charge in [0.1, 0.15) is 0 Å². The first-order valence-corrected chi connectivity index (χ1v) is 6.95. The lowest BCUT2D eigenvalue weighted by atomic mass is 10.2. The zero-order valence-corrected chi connectivity index (χ0v) is 11.0. The predicted molar refractivity (Wildman–Crippen MR) is 68.9 cm³/mol. The number of nitrogens with one attached hydrogen (secondary N) is 1. The standard InChI is InChI=1S/C13H21NOS/c1-10-11(7-13(16-10)8-14-2)9-15-12-5-3-4-6-12/h7,12,14H,3-6,8-9H2,1-2H3. The van der Waals surface area contributed by atoms with Gasteiger partial charge in [0.2, 0.25) is 0 Å². The van der Waals surface area contributed by atoms with Crippen molar-refractivity contribution in [3.05, 3.63) is 21.4 Å². The number of rotatable bonds is 5. The van der Waals surface area contributed by atoms with Crippen LogP contribution in [0.1, 0.15) is 41.0 Å². The van der Waals surface area contributed by atoms with Gasteiger partial charge in [-0.05, 0) is 38.4 Å². The summed E-state index contributed by atoms with van der Waals surface area (Å²) in [6.45, 7) is 3.96. The van der Waals surface area contributed by atoms with Gasteiger partial charge >= 0.3 is 0 Å². The highest BCUT2D eigenvalue weighted by molar-refractivity contribution is 7.12. The zero-order chi connectivity index (χ0) is 11.4. The van der Waals surface area contributed by atoms with Crippen LogP contribution in [-0.4, -0.2) is 13.2 Å². The molecular formula is C13H21NOS. The predicted octanol–water partition coefficient (Wildman–Crippen LogP) is 3.24. The Bertz CT molecular complexity index is 329. The zero-order valence-electron chi connectivity index (χ0n) is 10.2. The molecule has 2 nitrogen and oxygen atoms in total. The number of ether oxygens (including phenoxy) is 1. The first-order valence-electron chi connectivity index (χ1n) is 6.14. The molecule has 0 unspecified atom stereocenters. The Morgan fingerprint density at radius 2 is 2.19 bits per heavy atom. The summed E-state index contributed by atoms with van der Waals surface area (Å²) in [5.74, 6) is 0. The van der Waals surface area contributed by atoms with E-state index in [0.29, 0.717) is 6.10 Å². The molecule has 0 bridgehead atoms. The number of thiophene rings is 1. The van der Waals surface area contributed by atoms with Crippen LogP contribution in [0.5, 0.6) is 0 Å². The maximum Gasteiger partial charge on any atom is 0.0731 e. The average molecular weight is 239 g/mol. The van der Waals surface area contributed by atoms with Gasteiger partial charge in [0.15, 0.2) is 0 Å². The van der Waals surface area contributed by atoms with Gasteiger partial charge in [-0.3, -0.25) is 0 Å². The lowest BCUT2D eigenvalue weighted by Crippen LogP contribution is -2.07. The van der Waals surface area contributed by atoms with Crippen molar-refractivity contribution in [2.24, 2.45) is 0 Å². The molecule has 0 aromatic carbocycles. The second kappa shape index (κ2) is 5.80. The smallest absolute Gasteiger partial charge is 0.0731 e. The molecule has 1 aliphatic rings. The van der Waals surface area contributed by atoms with Crippen molar-refractivity contribution in [1.82, 2.24) is 5.32 Å². The van der Waals surface area contributed by atoms with Gasteiger partial charge in [-0.2, -0.15) is 0 Å². The molecule has 0 amide bonds. The van der Waals surface area contributed by atoms with Crippen LogP contribution in [0.25, 0.3) is 0 Å². The summed E-state index contributed by atoms with van der Waals surface area (Å²) in [6, 6.07) is 2.28. The van der Waals surface area contributed by atoms with Gasteiger partial charge in [0, 0.05) is 16.3 Å². The first kappa shape index (κ1) is 12.1. The Kier molecular flexibility index (Phi) is 4.38. The molecule has 1 fully saturated rings. The molecule has 0 spiro atoms. The van der Waals surface area contributed by atoms with E-state index < -0.39 is 0 Å². The van der Waals surface area contributed by atoms with Crippen molar-refractivity contribution >= 4 is 11.3 Å². The summed E-state index contributed by atoms with van der Waals surface area (Å²) in [5.41, 5.74) is 1.38. The van der Waals surface area contributed by atoms with Crippen molar-refractivity contribution in [3.8, 4) is 0 Å². The summed E-state index contributed by atoms with van der Waals surface area (Å²) in [6.07, 6.45) is 5.72. The fourth-order valence-corrected chi connectivity index (χ4v) is 3.31. The quantitative estimate of drug-likeness (QED) is 0.851. The van der Waals surface area contributed by atoms with Crippen molar-refractivity contribution in [1.29, 1.82) is 0 Å². The van der Waals surface area contributed by atoms with Crippen LogP contribution in [0, 0.1) is 6.92 Å². The molecule has 3 heteroatoms. The van der Waals surface area contributed by atoms with E-state index in [-0.39, 0.29) is 0 Å². The Labute approximate surface area is 102 Å². The topological polar surface area (TPSA) is 21.3 Å². The minimum Gasteiger partial charge on any atom is -0.374 e. The van der Waals surface area contributed by atoms with Crippen molar-refractivity contribution in [2.45, 2.75) is 51.9 Å². The molecule has 90 valence electrons. The number of hydrogen-bond acceptors (Lipinski definition) is 3. The van der Waals surface area contributed by atoms with Crippen LogP contribution < -0.4 is 5.32 Å². The average Bonchev–Trinajstić information content (AvgIpc) is 2.86. The third-order valence-electron chi connectivity index (χ3n) is 3.20. The van der Waals surface area contributed by atoms with E-state index in [2.05, 4.69) is 18.3 Å². The SMILES string of the molecule is CNCc1cc(COC2CCCC2)c(C)s1. The van der Waals surface area contributed by atoms with Gasteiger partial charge in [-0.1, -0.05) is 12.8 Å². The first-order chi connectivity index (χ1) is 7.79. The third-order valence-corrected chi connectivity index (χ3v) is 4.29. The van der Waals surface area contributed by atoms with Gasteiger partial charge in [0.25, 0.3) is 0 Å². The lowest BCUT2D eigenvalue weighted by molar-refractivity contribution is 0.0456. The molecule has 0 atom stereocenters. The Balaban J connectivity index is 1.87. The van der Waals surface area contributed by atoms with Crippen LogP contribution in [0.4, 0.5) is 0 Å². The van der Waals surface area contributed by atoms with Crippen molar-refractivity contribution < 1.29 is 4.74 Å². The third kappa shape index (κ3) is 3.06. The van der Waals surface area contributed by atoms with Crippen molar-refractivity contribution in [2.75, 3.05) is 7.05 Å². The fraction of sp³-hybridized carbons (Fsp3) is 0.692. The molecule has 2 rings (SSSR count). The fourth-order valence-electron chi connectivity index (χ4n) is 2.25. The number of hydrogen-bond donors (Lipinski definition) is 1. The van der Waals surface area contributed by atoms with Crippen LogP contribution in [0.2, 0.25) is 0 Å². The van der Waals surface area contributed by atoms with E-state index in [1.54, 1.807) is 0 Å². The minimum absolute atomic E-state index is 0.520. The second-order valence-corrected chi connectivity index (χ2v) is 5.88. The van der Waals surface area contributed by atoms with Crippen LogP contribution in [-0.2, 0) is 17.9 Å². The number of aryl methyl sites for hydroxylation is 1. The maximum atomic E-state index is 5.95. The molecule has 16 heavy (non-hydrogen) atoms. The molecular weight excluding hydrogens is 218 g/mol. The Morgan fingerprint density at radius 1 is 1.44 bits per heavy atom.